The van der Waals surface area contributed by atoms with Crippen molar-refractivity contribution in [3.8, 4) is 39.4 Å². The molecule has 0 aliphatic heterocycles. The Morgan fingerprint density at radius 1 is 0.425 bits per heavy atom. The second-order valence-electron chi connectivity index (χ2n) is 10.0. The monoisotopic (exact) mass is 511 g/mol. The lowest BCUT2D eigenvalue weighted by molar-refractivity contribution is 0.668. The van der Waals surface area contributed by atoms with Gasteiger partial charge in [-0.25, -0.2) is 0 Å². The van der Waals surface area contributed by atoms with E-state index in [4.69, 9.17) is 8.83 Å². The molecule has 8 rings (SSSR count). The number of nitrogens with zero attached hydrogens (tertiary/aromatic N) is 1. The first-order chi connectivity index (χ1) is 19.8. The molecule has 40 heavy (non-hydrogen) atoms. The molecule has 0 N–H and O–H groups in total. The molecule has 0 aliphatic rings. The van der Waals surface area contributed by atoms with Gasteiger partial charge in [0.05, 0.1) is 11.6 Å². The number of nitriles is 1. The summed E-state index contributed by atoms with van der Waals surface area (Å²) in [6.07, 6.45) is 0. The van der Waals surface area contributed by atoms with Crippen molar-refractivity contribution >= 4 is 43.9 Å². The summed E-state index contributed by atoms with van der Waals surface area (Å²) in [7, 11) is 0. The highest BCUT2D eigenvalue weighted by Gasteiger charge is 2.17. The number of fused-ring (bicyclic) bond motifs is 6. The van der Waals surface area contributed by atoms with E-state index in [2.05, 4.69) is 60.7 Å². The van der Waals surface area contributed by atoms with Gasteiger partial charge in [0.1, 0.15) is 22.3 Å². The highest BCUT2D eigenvalue weighted by Crippen LogP contribution is 2.42. The van der Waals surface area contributed by atoms with Crippen molar-refractivity contribution < 1.29 is 8.83 Å². The van der Waals surface area contributed by atoms with Crippen LogP contribution in [-0.4, -0.2) is 0 Å². The molecule has 2 aromatic heterocycles. The number of hydrogen-bond donors (Lipinski definition) is 0. The van der Waals surface area contributed by atoms with Gasteiger partial charge in [-0.1, -0.05) is 84.9 Å². The van der Waals surface area contributed by atoms with Crippen molar-refractivity contribution in [3.63, 3.8) is 0 Å². The maximum absolute atomic E-state index is 10.0. The highest BCUT2D eigenvalue weighted by atomic mass is 16.3. The SMILES string of the molecule is N#Cc1ccccc1-c1cc(-c2cccc3oc4ccccc4c23)ccc1-c1ccc2c(c1)oc1ccccc12. The molecule has 0 bridgehead atoms. The van der Waals surface area contributed by atoms with Crippen LogP contribution in [-0.2, 0) is 0 Å². The zero-order chi connectivity index (χ0) is 26.6. The Hall–Kier alpha value is -5.59. The molecule has 0 radical (unpaired) electrons. The Morgan fingerprint density at radius 2 is 1.05 bits per heavy atom. The Labute approximate surface area is 230 Å². The summed E-state index contributed by atoms with van der Waals surface area (Å²) in [5, 5.41) is 14.4. The zero-order valence-electron chi connectivity index (χ0n) is 21.4. The first kappa shape index (κ1) is 22.4. The molecular weight excluding hydrogens is 490 g/mol. The van der Waals surface area contributed by atoms with Gasteiger partial charge in [-0.2, -0.15) is 5.26 Å². The molecule has 0 amide bonds. The van der Waals surface area contributed by atoms with E-state index in [9.17, 15) is 5.26 Å². The number of para-hydroxylation sites is 2. The summed E-state index contributed by atoms with van der Waals surface area (Å²) < 4.78 is 12.4. The molecule has 0 fully saturated rings. The lowest BCUT2D eigenvalue weighted by atomic mass is 9.88. The zero-order valence-corrected chi connectivity index (χ0v) is 21.4. The van der Waals surface area contributed by atoms with Crippen LogP contribution in [0.15, 0.2) is 136 Å². The van der Waals surface area contributed by atoms with Crippen molar-refractivity contribution in [1.82, 2.24) is 0 Å². The van der Waals surface area contributed by atoms with E-state index in [1.165, 1.54) is 0 Å². The van der Waals surface area contributed by atoms with Crippen LogP contribution in [0.4, 0.5) is 0 Å². The Morgan fingerprint density at radius 3 is 1.93 bits per heavy atom. The fraction of sp³-hybridized carbons (Fsp3) is 0. The predicted molar refractivity (Wildman–Crippen MR) is 162 cm³/mol. The number of furan rings is 2. The predicted octanol–water partition coefficient (Wildman–Crippen LogP) is 10.4. The average Bonchev–Trinajstić information content (AvgIpc) is 3.58. The van der Waals surface area contributed by atoms with Crippen molar-refractivity contribution in [2.24, 2.45) is 0 Å². The van der Waals surface area contributed by atoms with Gasteiger partial charge in [0.15, 0.2) is 0 Å². The van der Waals surface area contributed by atoms with Gasteiger partial charge >= 0.3 is 0 Å². The fourth-order valence-electron chi connectivity index (χ4n) is 5.91. The van der Waals surface area contributed by atoms with Gasteiger partial charge in [-0.05, 0) is 70.3 Å². The highest BCUT2D eigenvalue weighted by molar-refractivity contribution is 6.13. The molecule has 0 atom stereocenters. The molecule has 0 saturated carbocycles. The summed E-state index contributed by atoms with van der Waals surface area (Å²) in [5.74, 6) is 0. The lowest BCUT2D eigenvalue weighted by Crippen LogP contribution is -1.91. The first-order valence-electron chi connectivity index (χ1n) is 13.2. The van der Waals surface area contributed by atoms with Crippen LogP contribution in [0.1, 0.15) is 5.56 Å². The smallest absolute Gasteiger partial charge is 0.136 e. The maximum atomic E-state index is 10.0. The minimum atomic E-state index is 0.637. The van der Waals surface area contributed by atoms with Crippen LogP contribution in [0.25, 0.3) is 77.3 Å². The summed E-state index contributed by atoms with van der Waals surface area (Å²) in [6.45, 7) is 0. The summed E-state index contributed by atoms with van der Waals surface area (Å²) >= 11 is 0. The van der Waals surface area contributed by atoms with Gasteiger partial charge < -0.3 is 8.83 Å². The largest absolute Gasteiger partial charge is 0.456 e. The van der Waals surface area contributed by atoms with Crippen molar-refractivity contribution in [3.05, 3.63) is 133 Å². The number of rotatable bonds is 3. The summed E-state index contributed by atoms with van der Waals surface area (Å²) in [4.78, 5) is 0. The standard InChI is InChI=1S/C37H21NO2/c38-22-25-8-1-2-9-26(25)32-20-23(28-12-7-15-35-37(28)31-11-4-6-14-34(31)39-35)16-18-27(32)24-17-19-30-29-10-3-5-13-33(29)40-36(30)21-24/h1-21H. The third kappa shape index (κ3) is 3.37. The second-order valence-corrected chi connectivity index (χ2v) is 10.0. The Kier molecular flexibility index (Phi) is 4.89. The Balaban J connectivity index is 1.39. The van der Waals surface area contributed by atoms with Crippen LogP contribution in [0.3, 0.4) is 0 Å². The van der Waals surface area contributed by atoms with Crippen LogP contribution >= 0.6 is 0 Å². The molecule has 2 heterocycles. The van der Waals surface area contributed by atoms with E-state index < -0.39 is 0 Å². The third-order valence-electron chi connectivity index (χ3n) is 7.76. The summed E-state index contributed by atoms with van der Waals surface area (Å²) in [6, 6.07) is 45.5. The normalized spacial score (nSPS) is 11.5. The van der Waals surface area contributed by atoms with E-state index in [1.54, 1.807) is 0 Å². The van der Waals surface area contributed by atoms with E-state index in [-0.39, 0.29) is 0 Å². The maximum Gasteiger partial charge on any atom is 0.136 e. The van der Waals surface area contributed by atoms with E-state index >= 15 is 0 Å². The molecule has 0 saturated heterocycles. The van der Waals surface area contributed by atoms with E-state index in [1.807, 2.05) is 72.8 Å². The lowest BCUT2D eigenvalue weighted by Gasteiger charge is -2.15. The molecule has 186 valence electrons. The van der Waals surface area contributed by atoms with Crippen LogP contribution < -0.4 is 0 Å². The molecule has 0 spiro atoms. The van der Waals surface area contributed by atoms with Gasteiger partial charge in [0, 0.05) is 27.1 Å². The molecule has 3 heteroatoms. The first-order valence-corrected chi connectivity index (χ1v) is 13.2. The fourth-order valence-corrected chi connectivity index (χ4v) is 5.91. The molecule has 6 aromatic carbocycles. The van der Waals surface area contributed by atoms with E-state index in [0.717, 1.165) is 77.3 Å². The average molecular weight is 512 g/mol. The third-order valence-corrected chi connectivity index (χ3v) is 7.76. The van der Waals surface area contributed by atoms with Gasteiger partial charge in [-0.3, -0.25) is 0 Å². The van der Waals surface area contributed by atoms with E-state index in [0.29, 0.717) is 5.56 Å². The molecule has 0 aliphatic carbocycles. The summed E-state index contributed by atoms with van der Waals surface area (Å²) in [5.41, 5.74) is 10.2. The molecule has 0 unspecified atom stereocenters. The minimum Gasteiger partial charge on any atom is -0.456 e. The van der Waals surface area contributed by atoms with Crippen molar-refractivity contribution in [1.29, 1.82) is 5.26 Å². The topological polar surface area (TPSA) is 50.1 Å². The minimum absolute atomic E-state index is 0.637. The number of benzene rings is 6. The van der Waals surface area contributed by atoms with Gasteiger partial charge in [0.25, 0.3) is 0 Å². The van der Waals surface area contributed by atoms with Gasteiger partial charge in [0.2, 0.25) is 0 Å². The molecule has 8 aromatic rings. The number of hydrogen-bond acceptors (Lipinski definition) is 3. The Bertz CT molecular complexity index is 2290. The second kappa shape index (κ2) is 8.73. The van der Waals surface area contributed by atoms with Crippen molar-refractivity contribution in [2.45, 2.75) is 0 Å². The van der Waals surface area contributed by atoms with Gasteiger partial charge in [-0.15, -0.1) is 0 Å². The van der Waals surface area contributed by atoms with Crippen LogP contribution in [0.2, 0.25) is 0 Å². The quantitative estimate of drug-likeness (QED) is 0.237. The van der Waals surface area contributed by atoms with Crippen LogP contribution in [0, 0.1) is 11.3 Å². The molecular formula is C37H21NO2. The van der Waals surface area contributed by atoms with Crippen LogP contribution in [0.5, 0.6) is 0 Å². The molecule has 3 nitrogen and oxygen atoms in total. The van der Waals surface area contributed by atoms with Crippen molar-refractivity contribution in [2.75, 3.05) is 0 Å².